The molecule has 0 aliphatic rings. The predicted octanol–water partition coefficient (Wildman–Crippen LogP) is 2.14. The molecule has 3 heteroatoms. The van der Waals surface area contributed by atoms with Crippen molar-refractivity contribution in [1.82, 2.24) is 0 Å². The van der Waals surface area contributed by atoms with Crippen LogP contribution in [-0.2, 0) is 0 Å². The fraction of sp³-hybridized carbons (Fsp3) is 0.333. The van der Waals surface area contributed by atoms with E-state index in [1.54, 1.807) is 14.2 Å². The van der Waals surface area contributed by atoms with Crippen LogP contribution in [0.3, 0.4) is 0 Å². The van der Waals surface area contributed by atoms with Crippen molar-refractivity contribution in [2.45, 2.75) is 6.42 Å². The second kappa shape index (κ2) is 5.82. The summed E-state index contributed by atoms with van der Waals surface area (Å²) in [6.07, 6.45) is 5.85. The minimum absolute atomic E-state index is 0.681. The van der Waals surface area contributed by atoms with Gasteiger partial charge in [0.2, 0.25) is 0 Å². The standard InChI is InChI=1S/C12H15NO2/c1-4-5-8-13-11-9-10(14-2)6-7-12(11)15-3/h1,6-7,9,13H,5,8H2,2-3H3. The summed E-state index contributed by atoms with van der Waals surface area (Å²) in [4.78, 5) is 0. The number of hydrogen-bond donors (Lipinski definition) is 1. The molecule has 0 heterocycles. The van der Waals surface area contributed by atoms with Gasteiger partial charge in [0, 0.05) is 19.0 Å². The van der Waals surface area contributed by atoms with E-state index in [1.807, 2.05) is 18.2 Å². The highest BCUT2D eigenvalue weighted by molar-refractivity contribution is 5.59. The molecule has 0 atom stereocenters. The van der Waals surface area contributed by atoms with Gasteiger partial charge in [0.25, 0.3) is 0 Å². The average Bonchev–Trinajstić information content (AvgIpc) is 2.29. The lowest BCUT2D eigenvalue weighted by atomic mass is 10.2. The number of benzene rings is 1. The van der Waals surface area contributed by atoms with Crippen LogP contribution in [0.15, 0.2) is 18.2 Å². The zero-order valence-corrected chi connectivity index (χ0v) is 9.04. The Morgan fingerprint density at radius 1 is 1.33 bits per heavy atom. The second-order valence-electron chi connectivity index (χ2n) is 2.95. The Balaban J connectivity index is 2.77. The van der Waals surface area contributed by atoms with Gasteiger partial charge in [0.05, 0.1) is 19.9 Å². The summed E-state index contributed by atoms with van der Waals surface area (Å²) in [5, 5.41) is 3.19. The van der Waals surface area contributed by atoms with Gasteiger partial charge < -0.3 is 14.8 Å². The SMILES string of the molecule is C#CCCNc1cc(OC)ccc1OC. The van der Waals surface area contributed by atoms with Crippen LogP contribution in [0.1, 0.15) is 6.42 Å². The number of methoxy groups -OCH3 is 2. The van der Waals surface area contributed by atoms with Gasteiger partial charge in [-0.05, 0) is 12.1 Å². The predicted molar refractivity (Wildman–Crippen MR) is 61.5 cm³/mol. The Bertz CT molecular complexity index is 355. The Hall–Kier alpha value is -1.82. The number of rotatable bonds is 5. The maximum absolute atomic E-state index is 5.21. The quantitative estimate of drug-likeness (QED) is 0.590. The monoisotopic (exact) mass is 205 g/mol. The zero-order valence-electron chi connectivity index (χ0n) is 9.04. The van der Waals surface area contributed by atoms with Crippen molar-refractivity contribution in [2.75, 3.05) is 26.1 Å². The van der Waals surface area contributed by atoms with Gasteiger partial charge in [-0.3, -0.25) is 0 Å². The number of anilines is 1. The van der Waals surface area contributed by atoms with Crippen LogP contribution in [0.4, 0.5) is 5.69 Å². The van der Waals surface area contributed by atoms with Crippen molar-refractivity contribution in [1.29, 1.82) is 0 Å². The van der Waals surface area contributed by atoms with Gasteiger partial charge in [-0.15, -0.1) is 12.3 Å². The highest BCUT2D eigenvalue weighted by atomic mass is 16.5. The highest BCUT2D eigenvalue weighted by Crippen LogP contribution is 2.28. The molecule has 80 valence electrons. The lowest BCUT2D eigenvalue weighted by Crippen LogP contribution is -2.02. The van der Waals surface area contributed by atoms with E-state index < -0.39 is 0 Å². The fourth-order valence-electron chi connectivity index (χ4n) is 1.22. The van der Waals surface area contributed by atoms with Crippen molar-refractivity contribution in [2.24, 2.45) is 0 Å². The molecule has 0 spiro atoms. The first-order valence-electron chi connectivity index (χ1n) is 4.71. The molecule has 1 rings (SSSR count). The summed E-state index contributed by atoms with van der Waals surface area (Å²) < 4.78 is 10.3. The molecule has 0 aliphatic heterocycles. The van der Waals surface area contributed by atoms with E-state index in [9.17, 15) is 0 Å². The van der Waals surface area contributed by atoms with Crippen molar-refractivity contribution in [3.8, 4) is 23.8 Å². The minimum Gasteiger partial charge on any atom is -0.497 e. The van der Waals surface area contributed by atoms with E-state index in [1.165, 1.54) is 0 Å². The molecule has 0 fully saturated rings. The largest absolute Gasteiger partial charge is 0.497 e. The van der Waals surface area contributed by atoms with E-state index in [4.69, 9.17) is 15.9 Å². The molecule has 1 aromatic carbocycles. The van der Waals surface area contributed by atoms with Gasteiger partial charge in [0.1, 0.15) is 11.5 Å². The first kappa shape index (κ1) is 11.3. The number of nitrogens with one attached hydrogen (secondary N) is 1. The van der Waals surface area contributed by atoms with E-state index in [0.717, 1.165) is 23.7 Å². The van der Waals surface area contributed by atoms with Gasteiger partial charge in [0.15, 0.2) is 0 Å². The third kappa shape index (κ3) is 3.10. The molecular formula is C12H15NO2. The van der Waals surface area contributed by atoms with Crippen molar-refractivity contribution in [3.63, 3.8) is 0 Å². The molecule has 1 aromatic rings. The van der Waals surface area contributed by atoms with Crippen LogP contribution >= 0.6 is 0 Å². The molecule has 0 radical (unpaired) electrons. The zero-order chi connectivity index (χ0) is 11.1. The smallest absolute Gasteiger partial charge is 0.142 e. The molecule has 0 unspecified atom stereocenters. The Kier molecular flexibility index (Phi) is 4.36. The number of ether oxygens (including phenoxy) is 2. The van der Waals surface area contributed by atoms with E-state index >= 15 is 0 Å². The van der Waals surface area contributed by atoms with Gasteiger partial charge in [-0.1, -0.05) is 0 Å². The molecule has 0 saturated heterocycles. The van der Waals surface area contributed by atoms with E-state index in [0.29, 0.717) is 6.42 Å². The molecule has 0 saturated carbocycles. The van der Waals surface area contributed by atoms with E-state index in [-0.39, 0.29) is 0 Å². The van der Waals surface area contributed by atoms with Crippen LogP contribution in [0.2, 0.25) is 0 Å². The number of terminal acetylenes is 1. The van der Waals surface area contributed by atoms with Gasteiger partial charge in [-0.25, -0.2) is 0 Å². The maximum atomic E-state index is 5.21. The molecule has 0 aliphatic carbocycles. The Labute approximate surface area is 90.4 Å². The molecule has 3 nitrogen and oxygen atoms in total. The molecular weight excluding hydrogens is 190 g/mol. The third-order valence-corrected chi connectivity index (χ3v) is 1.99. The molecule has 0 aromatic heterocycles. The Morgan fingerprint density at radius 3 is 2.73 bits per heavy atom. The minimum atomic E-state index is 0.681. The highest BCUT2D eigenvalue weighted by Gasteiger charge is 2.03. The average molecular weight is 205 g/mol. The third-order valence-electron chi connectivity index (χ3n) is 1.99. The van der Waals surface area contributed by atoms with Crippen LogP contribution in [0, 0.1) is 12.3 Å². The van der Waals surface area contributed by atoms with Crippen molar-refractivity contribution in [3.05, 3.63) is 18.2 Å². The van der Waals surface area contributed by atoms with Crippen LogP contribution in [0.5, 0.6) is 11.5 Å². The van der Waals surface area contributed by atoms with Crippen molar-refractivity contribution < 1.29 is 9.47 Å². The van der Waals surface area contributed by atoms with Gasteiger partial charge >= 0.3 is 0 Å². The van der Waals surface area contributed by atoms with Crippen molar-refractivity contribution >= 4 is 5.69 Å². The maximum Gasteiger partial charge on any atom is 0.142 e. The summed E-state index contributed by atoms with van der Waals surface area (Å²) in [7, 11) is 3.27. The van der Waals surface area contributed by atoms with E-state index in [2.05, 4.69) is 11.2 Å². The van der Waals surface area contributed by atoms with Crippen LogP contribution in [-0.4, -0.2) is 20.8 Å². The summed E-state index contributed by atoms with van der Waals surface area (Å²) in [6.45, 7) is 0.722. The first-order valence-corrected chi connectivity index (χ1v) is 4.71. The number of hydrogen-bond acceptors (Lipinski definition) is 3. The lowest BCUT2D eigenvalue weighted by Gasteiger charge is -2.11. The van der Waals surface area contributed by atoms with Crippen LogP contribution < -0.4 is 14.8 Å². The fourth-order valence-corrected chi connectivity index (χ4v) is 1.22. The summed E-state index contributed by atoms with van der Waals surface area (Å²) in [6, 6.07) is 5.59. The summed E-state index contributed by atoms with van der Waals surface area (Å²) in [5.74, 6) is 4.15. The second-order valence-corrected chi connectivity index (χ2v) is 2.95. The summed E-state index contributed by atoms with van der Waals surface area (Å²) >= 11 is 0. The molecule has 0 bridgehead atoms. The Morgan fingerprint density at radius 2 is 2.13 bits per heavy atom. The van der Waals surface area contributed by atoms with Crippen LogP contribution in [0.25, 0.3) is 0 Å². The summed E-state index contributed by atoms with van der Waals surface area (Å²) in [5.41, 5.74) is 0.895. The first-order chi connectivity index (χ1) is 7.31. The molecule has 0 amide bonds. The normalized spacial score (nSPS) is 9.13. The lowest BCUT2D eigenvalue weighted by molar-refractivity contribution is 0.404. The molecule has 1 N–H and O–H groups in total. The topological polar surface area (TPSA) is 30.5 Å². The van der Waals surface area contributed by atoms with Gasteiger partial charge in [-0.2, -0.15) is 0 Å². The molecule has 15 heavy (non-hydrogen) atoms.